The molecular weight excluding hydrogens is 532 g/mol. The molecule has 8 aromatic rings. The Hall–Kier alpha value is -5.47. The molecule has 0 fully saturated rings. The molecule has 2 nitrogen and oxygen atoms in total. The highest BCUT2D eigenvalue weighted by Crippen LogP contribution is 2.61. The first-order valence-electron chi connectivity index (χ1n) is 15.4. The topological polar surface area (TPSA) is 17.8 Å². The zero-order valence-corrected chi connectivity index (χ0v) is 24.6. The van der Waals surface area contributed by atoms with Crippen molar-refractivity contribution in [2.24, 2.45) is 0 Å². The van der Waals surface area contributed by atoms with Crippen LogP contribution in [0.15, 0.2) is 133 Å². The van der Waals surface area contributed by atoms with Crippen LogP contribution in [0.2, 0.25) is 0 Å². The standard InChI is InChI=1S/C42H28N2/c1-25-20-26(2)22-29(21-25)27-18-19-34-39(24-27)44-38-17-8-5-11-30(38)31-13-9-15-35(41(31)44)42(34)33-14-6-4-12-32(33)40-36(42)23-28-10-3-7-16-37(28)43-40/h3-24H,1-2H3. The molecule has 0 saturated heterocycles. The van der Waals surface area contributed by atoms with Gasteiger partial charge in [0, 0.05) is 21.7 Å². The Morgan fingerprint density at radius 2 is 1.30 bits per heavy atom. The van der Waals surface area contributed by atoms with Crippen molar-refractivity contribution in [3.8, 4) is 28.1 Å². The van der Waals surface area contributed by atoms with Gasteiger partial charge in [-0.25, -0.2) is 4.98 Å². The molecule has 1 spiro atoms. The van der Waals surface area contributed by atoms with E-state index in [9.17, 15) is 0 Å². The molecule has 2 heteroatoms. The van der Waals surface area contributed by atoms with Gasteiger partial charge in [0.1, 0.15) is 0 Å². The van der Waals surface area contributed by atoms with Crippen molar-refractivity contribution in [1.29, 1.82) is 0 Å². The first-order chi connectivity index (χ1) is 21.6. The van der Waals surface area contributed by atoms with Crippen LogP contribution in [0.5, 0.6) is 0 Å². The minimum Gasteiger partial charge on any atom is -0.309 e. The van der Waals surface area contributed by atoms with Crippen molar-refractivity contribution >= 4 is 32.7 Å². The average Bonchev–Trinajstić information content (AvgIpc) is 3.53. The zero-order valence-electron chi connectivity index (χ0n) is 24.6. The van der Waals surface area contributed by atoms with Gasteiger partial charge < -0.3 is 4.57 Å². The van der Waals surface area contributed by atoms with E-state index >= 15 is 0 Å². The molecule has 0 saturated carbocycles. The third-order valence-electron chi connectivity index (χ3n) is 10.0. The first kappa shape index (κ1) is 24.0. The predicted octanol–water partition coefficient (Wildman–Crippen LogP) is 10.3. The number of nitrogens with zero attached hydrogens (tertiary/aromatic N) is 2. The van der Waals surface area contributed by atoms with Gasteiger partial charge >= 0.3 is 0 Å². The van der Waals surface area contributed by atoms with Crippen LogP contribution in [0.4, 0.5) is 0 Å². The monoisotopic (exact) mass is 560 g/mol. The van der Waals surface area contributed by atoms with Gasteiger partial charge in [0.2, 0.25) is 0 Å². The fourth-order valence-electron chi connectivity index (χ4n) is 8.42. The van der Waals surface area contributed by atoms with Gasteiger partial charge in [-0.3, -0.25) is 0 Å². The van der Waals surface area contributed by atoms with Gasteiger partial charge in [-0.05, 0) is 71.5 Å². The van der Waals surface area contributed by atoms with Crippen molar-refractivity contribution in [3.05, 3.63) is 167 Å². The summed E-state index contributed by atoms with van der Waals surface area (Å²) in [6.07, 6.45) is 0. The second-order valence-corrected chi connectivity index (χ2v) is 12.5. The molecule has 10 rings (SSSR count). The Labute approximate surface area is 255 Å². The van der Waals surface area contributed by atoms with Crippen molar-refractivity contribution in [2.45, 2.75) is 19.3 Å². The van der Waals surface area contributed by atoms with E-state index in [0.29, 0.717) is 0 Å². The lowest BCUT2D eigenvalue weighted by atomic mass is 9.65. The average molecular weight is 561 g/mol. The van der Waals surface area contributed by atoms with Gasteiger partial charge in [-0.1, -0.05) is 120 Å². The Morgan fingerprint density at radius 3 is 2.20 bits per heavy atom. The zero-order chi connectivity index (χ0) is 29.2. The van der Waals surface area contributed by atoms with Crippen LogP contribution in [0.3, 0.4) is 0 Å². The van der Waals surface area contributed by atoms with Gasteiger partial charge in [0.15, 0.2) is 0 Å². The summed E-state index contributed by atoms with van der Waals surface area (Å²) in [6.45, 7) is 4.37. The second kappa shape index (κ2) is 8.33. The molecule has 1 atom stereocenters. The number of para-hydroxylation sites is 3. The summed E-state index contributed by atoms with van der Waals surface area (Å²) in [5, 5.41) is 3.75. The molecule has 1 aliphatic heterocycles. The van der Waals surface area contributed by atoms with E-state index in [1.165, 1.54) is 83.0 Å². The van der Waals surface area contributed by atoms with E-state index in [4.69, 9.17) is 4.98 Å². The third-order valence-corrected chi connectivity index (χ3v) is 10.0. The maximum atomic E-state index is 5.36. The van der Waals surface area contributed by atoms with E-state index in [-0.39, 0.29) is 0 Å². The second-order valence-electron chi connectivity index (χ2n) is 12.5. The summed E-state index contributed by atoms with van der Waals surface area (Å²) in [4.78, 5) is 5.36. The predicted molar refractivity (Wildman–Crippen MR) is 182 cm³/mol. The number of rotatable bonds is 1. The Balaban J connectivity index is 1.43. The molecular formula is C42H28N2. The van der Waals surface area contributed by atoms with Gasteiger partial charge in [-0.2, -0.15) is 0 Å². The van der Waals surface area contributed by atoms with Crippen molar-refractivity contribution in [3.63, 3.8) is 0 Å². The maximum absolute atomic E-state index is 5.36. The molecule has 0 N–H and O–H groups in total. The SMILES string of the molecule is Cc1cc(C)cc(-c2ccc3c(c2)-n2c4ccccc4c4cccc(c42)C32c3ccccc3-c3nc4ccccc4cc32)c1. The van der Waals surface area contributed by atoms with Crippen molar-refractivity contribution in [1.82, 2.24) is 9.55 Å². The van der Waals surface area contributed by atoms with E-state index < -0.39 is 5.41 Å². The van der Waals surface area contributed by atoms with Crippen LogP contribution < -0.4 is 0 Å². The van der Waals surface area contributed by atoms with Crippen LogP contribution in [0, 0.1) is 13.8 Å². The molecule has 0 bridgehead atoms. The molecule has 1 aliphatic carbocycles. The number of hydrogen-bond acceptors (Lipinski definition) is 1. The number of aromatic nitrogens is 2. The molecule has 3 heterocycles. The summed E-state index contributed by atoms with van der Waals surface area (Å²) < 4.78 is 2.53. The smallest absolute Gasteiger partial charge is 0.0770 e. The highest BCUT2D eigenvalue weighted by molar-refractivity contribution is 6.13. The highest BCUT2D eigenvalue weighted by atomic mass is 15.0. The number of benzene rings is 6. The normalized spacial score (nSPS) is 16.0. The Bertz CT molecular complexity index is 2510. The maximum Gasteiger partial charge on any atom is 0.0770 e. The van der Waals surface area contributed by atoms with E-state index in [1.54, 1.807) is 0 Å². The van der Waals surface area contributed by atoms with Crippen LogP contribution >= 0.6 is 0 Å². The minimum absolute atomic E-state index is 0.497. The summed E-state index contributed by atoms with van der Waals surface area (Å²) in [5.74, 6) is 0. The lowest BCUT2D eigenvalue weighted by Gasteiger charge is -2.39. The van der Waals surface area contributed by atoms with Crippen LogP contribution in [-0.2, 0) is 5.41 Å². The number of hydrogen-bond donors (Lipinski definition) is 0. The summed E-state index contributed by atoms with van der Waals surface area (Å²) in [6, 6.07) is 49.7. The molecule has 0 radical (unpaired) electrons. The molecule has 44 heavy (non-hydrogen) atoms. The third kappa shape index (κ3) is 2.88. The van der Waals surface area contributed by atoms with Gasteiger partial charge in [-0.15, -0.1) is 0 Å². The lowest BCUT2D eigenvalue weighted by Crippen LogP contribution is -2.33. The van der Waals surface area contributed by atoms with Crippen LogP contribution in [0.1, 0.15) is 33.4 Å². The Kier molecular flexibility index (Phi) is 4.55. The number of pyridine rings is 1. The van der Waals surface area contributed by atoms with Gasteiger partial charge in [0.25, 0.3) is 0 Å². The van der Waals surface area contributed by atoms with Crippen LogP contribution in [0.25, 0.3) is 60.8 Å². The summed E-state index contributed by atoms with van der Waals surface area (Å²) >= 11 is 0. The molecule has 2 aromatic heterocycles. The fraction of sp³-hybridized carbons (Fsp3) is 0.0714. The van der Waals surface area contributed by atoms with Crippen molar-refractivity contribution < 1.29 is 0 Å². The summed E-state index contributed by atoms with van der Waals surface area (Å²) in [7, 11) is 0. The minimum atomic E-state index is -0.497. The van der Waals surface area contributed by atoms with Crippen molar-refractivity contribution in [2.75, 3.05) is 0 Å². The molecule has 6 aromatic carbocycles. The molecule has 1 unspecified atom stereocenters. The highest BCUT2D eigenvalue weighted by Gasteiger charge is 2.51. The van der Waals surface area contributed by atoms with Gasteiger partial charge in [0.05, 0.1) is 33.3 Å². The van der Waals surface area contributed by atoms with E-state index in [1.807, 2.05) is 0 Å². The van der Waals surface area contributed by atoms with E-state index in [0.717, 1.165) is 11.2 Å². The first-order valence-corrected chi connectivity index (χ1v) is 15.4. The van der Waals surface area contributed by atoms with E-state index in [2.05, 4.69) is 152 Å². The Morgan fingerprint density at radius 1 is 0.545 bits per heavy atom. The summed E-state index contributed by atoms with van der Waals surface area (Å²) in [5.41, 5.74) is 16.9. The lowest BCUT2D eigenvalue weighted by molar-refractivity contribution is 0.748. The quantitative estimate of drug-likeness (QED) is 0.195. The number of aryl methyl sites for hydroxylation is 2. The molecule has 2 aliphatic rings. The largest absolute Gasteiger partial charge is 0.309 e. The fourth-order valence-corrected chi connectivity index (χ4v) is 8.42. The molecule has 206 valence electrons. The number of fused-ring (bicyclic) bond motifs is 13. The van der Waals surface area contributed by atoms with Crippen LogP contribution in [-0.4, -0.2) is 9.55 Å². The molecule has 0 amide bonds.